The summed E-state index contributed by atoms with van der Waals surface area (Å²) in [6.45, 7) is 3.86. The third-order valence-corrected chi connectivity index (χ3v) is 5.69. The first-order chi connectivity index (χ1) is 14.2. The normalized spacial score (nSPS) is 17.8. The molecule has 1 N–H and O–H groups in total. The topological polar surface area (TPSA) is 82.2 Å². The molecule has 29 heavy (non-hydrogen) atoms. The molecule has 2 aliphatic rings. The van der Waals surface area contributed by atoms with Crippen LogP contribution in [0.25, 0.3) is 11.3 Å². The molecule has 1 aliphatic carbocycles. The zero-order valence-corrected chi connectivity index (χ0v) is 16.5. The van der Waals surface area contributed by atoms with E-state index in [0.717, 1.165) is 60.6 Å². The fourth-order valence-electron chi connectivity index (χ4n) is 4.21. The number of aromatic nitrogens is 3. The summed E-state index contributed by atoms with van der Waals surface area (Å²) in [5, 5.41) is 7.76. The minimum atomic E-state index is -0.179. The van der Waals surface area contributed by atoms with Crippen molar-refractivity contribution in [2.75, 3.05) is 13.2 Å². The van der Waals surface area contributed by atoms with Crippen LogP contribution in [0.5, 0.6) is 0 Å². The van der Waals surface area contributed by atoms with Gasteiger partial charge in [0, 0.05) is 43.1 Å². The van der Waals surface area contributed by atoms with Crippen LogP contribution in [-0.2, 0) is 24.1 Å². The standard InChI is InChI=1S/C22H24N4O3/c1-14-19-18(29-21(14)22(27)24-11-17-6-4-10-28-17)8-7-15-12-26(25-20(15)19)13-16-5-2-3-9-23-16/h2-3,5,9,12,17H,4,6-8,10-11,13H2,1H3,(H,24,27)/t17-/m1/s1. The van der Waals surface area contributed by atoms with Gasteiger partial charge in [0.1, 0.15) is 5.76 Å². The second-order valence-electron chi connectivity index (χ2n) is 7.72. The molecule has 4 heterocycles. The van der Waals surface area contributed by atoms with Crippen molar-refractivity contribution in [2.24, 2.45) is 0 Å². The maximum atomic E-state index is 12.7. The predicted molar refractivity (Wildman–Crippen MR) is 107 cm³/mol. The minimum absolute atomic E-state index is 0.109. The number of pyridine rings is 1. The molecule has 7 heteroatoms. The number of aryl methyl sites for hydroxylation is 2. The van der Waals surface area contributed by atoms with Gasteiger partial charge in [-0.05, 0) is 43.9 Å². The first-order valence-electron chi connectivity index (χ1n) is 10.2. The zero-order chi connectivity index (χ0) is 19.8. The molecule has 7 nitrogen and oxygen atoms in total. The van der Waals surface area contributed by atoms with E-state index in [1.807, 2.05) is 29.8 Å². The van der Waals surface area contributed by atoms with Crippen molar-refractivity contribution in [2.45, 2.75) is 45.3 Å². The van der Waals surface area contributed by atoms with Crippen molar-refractivity contribution in [3.63, 3.8) is 0 Å². The number of amides is 1. The molecule has 3 aromatic rings. The molecule has 0 aromatic carbocycles. The number of carbonyl (C=O) groups is 1. The number of carbonyl (C=O) groups excluding carboxylic acids is 1. The molecular formula is C22H24N4O3. The lowest BCUT2D eigenvalue weighted by molar-refractivity contribution is 0.0833. The second kappa shape index (κ2) is 7.48. The molecule has 1 atom stereocenters. The Bertz CT molecular complexity index is 1030. The Morgan fingerprint density at radius 1 is 1.34 bits per heavy atom. The Labute approximate surface area is 169 Å². The Balaban J connectivity index is 1.38. The molecule has 0 unspecified atom stereocenters. The van der Waals surface area contributed by atoms with Crippen molar-refractivity contribution < 1.29 is 13.9 Å². The van der Waals surface area contributed by atoms with E-state index in [4.69, 9.17) is 14.3 Å². The van der Waals surface area contributed by atoms with Crippen molar-refractivity contribution in [1.29, 1.82) is 0 Å². The molecule has 3 aromatic heterocycles. The van der Waals surface area contributed by atoms with Gasteiger partial charge in [-0.3, -0.25) is 14.5 Å². The Hall–Kier alpha value is -2.93. The quantitative estimate of drug-likeness (QED) is 0.722. The van der Waals surface area contributed by atoms with Gasteiger partial charge in [-0.15, -0.1) is 0 Å². The molecule has 1 fully saturated rings. The van der Waals surface area contributed by atoms with Crippen molar-refractivity contribution in [3.8, 4) is 11.3 Å². The van der Waals surface area contributed by atoms with Crippen LogP contribution < -0.4 is 5.32 Å². The molecule has 0 radical (unpaired) electrons. The Kier molecular flexibility index (Phi) is 4.67. The molecule has 1 amide bonds. The largest absolute Gasteiger partial charge is 0.455 e. The third-order valence-electron chi connectivity index (χ3n) is 5.69. The average molecular weight is 392 g/mol. The van der Waals surface area contributed by atoms with E-state index < -0.39 is 0 Å². The van der Waals surface area contributed by atoms with Gasteiger partial charge >= 0.3 is 0 Å². The SMILES string of the molecule is Cc1c(C(=O)NC[C@H]2CCCO2)oc2c1-c1nn(Cc3ccccn3)cc1CC2. The maximum absolute atomic E-state index is 12.7. The third kappa shape index (κ3) is 3.46. The summed E-state index contributed by atoms with van der Waals surface area (Å²) in [5.41, 5.74) is 4.89. The molecule has 1 saturated heterocycles. The van der Waals surface area contributed by atoms with Gasteiger partial charge in [-0.25, -0.2) is 0 Å². The fraction of sp³-hybridized carbons (Fsp3) is 0.409. The van der Waals surface area contributed by atoms with Gasteiger partial charge in [-0.2, -0.15) is 5.10 Å². The number of nitrogens with zero attached hydrogens (tertiary/aromatic N) is 3. The molecule has 150 valence electrons. The molecule has 1 aliphatic heterocycles. The molecule has 0 spiro atoms. The van der Waals surface area contributed by atoms with Crippen LogP contribution in [0.3, 0.4) is 0 Å². The minimum Gasteiger partial charge on any atom is -0.455 e. The highest BCUT2D eigenvalue weighted by molar-refractivity contribution is 5.95. The van der Waals surface area contributed by atoms with Gasteiger partial charge in [0.05, 0.1) is 24.0 Å². The number of nitrogens with one attached hydrogen (secondary N) is 1. The van der Waals surface area contributed by atoms with Crippen LogP contribution in [-0.4, -0.2) is 39.9 Å². The molecule has 0 bridgehead atoms. The smallest absolute Gasteiger partial charge is 0.287 e. The van der Waals surface area contributed by atoms with Crippen molar-refractivity contribution >= 4 is 5.91 Å². The molecule has 5 rings (SSSR count). The van der Waals surface area contributed by atoms with E-state index in [-0.39, 0.29) is 12.0 Å². The number of furan rings is 1. The van der Waals surface area contributed by atoms with Gasteiger partial charge < -0.3 is 14.5 Å². The summed E-state index contributed by atoms with van der Waals surface area (Å²) in [4.78, 5) is 17.1. The molecule has 0 saturated carbocycles. The van der Waals surface area contributed by atoms with Crippen LogP contribution in [0.2, 0.25) is 0 Å². The second-order valence-corrected chi connectivity index (χ2v) is 7.72. The van der Waals surface area contributed by atoms with Gasteiger partial charge in [0.15, 0.2) is 5.76 Å². The summed E-state index contributed by atoms with van der Waals surface area (Å²) < 4.78 is 13.5. The molecular weight excluding hydrogens is 368 g/mol. The number of rotatable bonds is 5. The van der Waals surface area contributed by atoms with Gasteiger partial charge in [-0.1, -0.05) is 6.07 Å². The number of ether oxygens (including phenoxy) is 1. The van der Waals surface area contributed by atoms with E-state index in [9.17, 15) is 4.79 Å². The summed E-state index contributed by atoms with van der Waals surface area (Å²) in [7, 11) is 0. The number of hydrogen-bond donors (Lipinski definition) is 1. The van der Waals surface area contributed by atoms with E-state index in [0.29, 0.717) is 18.8 Å². The van der Waals surface area contributed by atoms with Crippen LogP contribution in [0.15, 0.2) is 35.0 Å². The predicted octanol–water partition coefficient (Wildman–Crippen LogP) is 2.90. The summed E-state index contributed by atoms with van der Waals surface area (Å²) in [6, 6.07) is 5.88. The van der Waals surface area contributed by atoms with Crippen molar-refractivity contribution in [1.82, 2.24) is 20.1 Å². The highest BCUT2D eigenvalue weighted by Gasteiger charge is 2.30. The first-order valence-corrected chi connectivity index (χ1v) is 10.2. The lowest BCUT2D eigenvalue weighted by atomic mass is 9.93. The summed E-state index contributed by atoms with van der Waals surface area (Å²) in [5.74, 6) is 1.06. The van der Waals surface area contributed by atoms with Gasteiger partial charge in [0.2, 0.25) is 0 Å². The van der Waals surface area contributed by atoms with Gasteiger partial charge in [0.25, 0.3) is 5.91 Å². The Morgan fingerprint density at radius 2 is 2.28 bits per heavy atom. The highest BCUT2D eigenvalue weighted by atomic mass is 16.5. The zero-order valence-electron chi connectivity index (χ0n) is 16.5. The lowest BCUT2D eigenvalue weighted by Gasteiger charge is -2.10. The van der Waals surface area contributed by atoms with Crippen LogP contribution >= 0.6 is 0 Å². The summed E-state index contributed by atoms with van der Waals surface area (Å²) in [6.07, 6.45) is 7.66. The Morgan fingerprint density at radius 3 is 3.07 bits per heavy atom. The monoisotopic (exact) mass is 392 g/mol. The fourth-order valence-corrected chi connectivity index (χ4v) is 4.21. The average Bonchev–Trinajstić information content (AvgIpc) is 3.45. The van der Waals surface area contributed by atoms with E-state index in [1.54, 1.807) is 6.20 Å². The maximum Gasteiger partial charge on any atom is 0.287 e. The highest BCUT2D eigenvalue weighted by Crippen LogP contribution is 2.38. The number of hydrogen-bond acceptors (Lipinski definition) is 5. The van der Waals surface area contributed by atoms with E-state index in [1.165, 1.54) is 5.56 Å². The summed E-state index contributed by atoms with van der Waals surface area (Å²) >= 11 is 0. The van der Waals surface area contributed by atoms with E-state index in [2.05, 4.69) is 16.5 Å². The first kappa shape index (κ1) is 18.1. The number of fused-ring (bicyclic) bond motifs is 3. The van der Waals surface area contributed by atoms with Crippen LogP contribution in [0, 0.1) is 6.92 Å². The van der Waals surface area contributed by atoms with E-state index >= 15 is 0 Å². The van der Waals surface area contributed by atoms with Crippen molar-refractivity contribution in [3.05, 3.63) is 58.9 Å². The lowest BCUT2D eigenvalue weighted by Crippen LogP contribution is -2.31. The van der Waals surface area contributed by atoms with Crippen LogP contribution in [0.4, 0.5) is 0 Å². The van der Waals surface area contributed by atoms with Crippen LogP contribution in [0.1, 0.15) is 46.0 Å².